The molecular formula is C15H24O. The van der Waals surface area contributed by atoms with Gasteiger partial charge in [-0.1, -0.05) is 33.8 Å². The fourth-order valence-electron chi connectivity index (χ4n) is 5.51. The largest absolute Gasteiger partial charge is 0.392 e. The molecule has 0 aromatic heterocycles. The number of allylic oxidation sites excluding steroid dienone is 1. The molecule has 0 amide bonds. The molecule has 3 aliphatic carbocycles. The normalized spacial score (nSPS) is 52.9. The van der Waals surface area contributed by atoms with Crippen molar-refractivity contribution in [2.24, 2.45) is 34.5 Å². The Morgan fingerprint density at radius 1 is 1.31 bits per heavy atom. The molecule has 2 fully saturated rings. The van der Waals surface area contributed by atoms with Crippen molar-refractivity contribution in [2.45, 2.75) is 40.5 Å². The number of rotatable bonds is 1. The van der Waals surface area contributed by atoms with Gasteiger partial charge in [0.1, 0.15) is 0 Å². The second kappa shape index (κ2) is 2.93. The SMILES string of the molecule is C[C@@H]1CC[C@H]2C(C)(C)C3C(CO)=C[C@@H]3[C@]12C. The molecule has 1 unspecified atom stereocenters. The maximum atomic E-state index is 9.41. The van der Waals surface area contributed by atoms with Crippen LogP contribution in [0.15, 0.2) is 11.6 Å². The fraction of sp³-hybridized carbons (Fsp3) is 0.867. The van der Waals surface area contributed by atoms with Crippen LogP contribution in [0.1, 0.15) is 40.5 Å². The number of hydrogen-bond donors (Lipinski definition) is 1. The van der Waals surface area contributed by atoms with Crippen molar-refractivity contribution >= 4 is 0 Å². The lowest BCUT2D eigenvalue weighted by Gasteiger charge is -2.43. The maximum absolute atomic E-state index is 9.41. The summed E-state index contributed by atoms with van der Waals surface area (Å²) in [4.78, 5) is 0. The summed E-state index contributed by atoms with van der Waals surface area (Å²) in [6, 6.07) is 0. The van der Waals surface area contributed by atoms with Crippen molar-refractivity contribution in [1.29, 1.82) is 0 Å². The lowest BCUT2D eigenvalue weighted by atomic mass is 9.62. The van der Waals surface area contributed by atoms with Crippen LogP contribution in [-0.4, -0.2) is 11.7 Å². The molecule has 0 bridgehead atoms. The summed E-state index contributed by atoms with van der Waals surface area (Å²) in [6.07, 6.45) is 5.18. The quantitative estimate of drug-likeness (QED) is 0.673. The molecule has 2 saturated carbocycles. The monoisotopic (exact) mass is 220 g/mol. The molecule has 0 spiro atoms. The van der Waals surface area contributed by atoms with Crippen LogP contribution in [0.3, 0.4) is 0 Å². The Morgan fingerprint density at radius 2 is 2.00 bits per heavy atom. The average molecular weight is 220 g/mol. The highest BCUT2D eigenvalue weighted by atomic mass is 16.3. The van der Waals surface area contributed by atoms with Gasteiger partial charge in [0.25, 0.3) is 0 Å². The van der Waals surface area contributed by atoms with E-state index in [1.54, 1.807) is 0 Å². The first-order chi connectivity index (χ1) is 7.44. The minimum Gasteiger partial charge on any atom is -0.392 e. The maximum Gasteiger partial charge on any atom is 0.0645 e. The van der Waals surface area contributed by atoms with Gasteiger partial charge in [-0.05, 0) is 52.9 Å². The van der Waals surface area contributed by atoms with Gasteiger partial charge in [0.2, 0.25) is 0 Å². The van der Waals surface area contributed by atoms with E-state index in [4.69, 9.17) is 0 Å². The third kappa shape index (κ3) is 0.932. The lowest BCUT2D eigenvalue weighted by molar-refractivity contribution is 0.127. The van der Waals surface area contributed by atoms with Crippen LogP contribution in [0.25, 0.3) is 0 Å². The summed E-state index contributed by atoms with van der Waals surface area (Å²) in [6.45, 7) is 10.1. The summed E-state index contributed by atoms with van der Waals surface area (Å²) >= 11 is 0. The molecule has 0 saturated heterocycles. The molecule has 1 N–H and O–H groups in total. The van der Waals surface area contributed by atoms with Gasteiger partial charge in [-0.25, -0.2) is 0 Å². The predicted molar refractivity (Wildman–Crippen MR) is 65.9 cm³/mol. The molecule has 1 heteroatoms. The second-order valence-electron chi connectivity index (χ2n) is 7.12. The van der Waals surface area contributed by atoms with Crippen LogP contribution < -0.4 is 0 Å². The molecule has 0 radical (unpaired) electrons. The first kappa shape index (κ1) is 10.8. The van der Waals surface area contributed by atoms with E-state index >= 15 is 0 Å². The predicted octanol–water partition coefficient (Wildman–Crippen LogP) is 3.24. The van der Waals surface area contributed by atoms with Crippen molar-refractivity contribution in [2.75, 3.05) is 6.61 Å². The van der Waals surface area contributed by atoms with Crippen molar-refractivity contribution in [3.63, 3.8) is 0 Å². The minimum absolute atomic E-state index is 0.280. The van der Waals surface area contributed by atoms with E-state index in [1.165, 1.54) is 18.4 Å². The number of hydrogen-bond acceptors (Lipinski definition) is 1. The van der Waals surface area contributed by atoms with Crippen molar-refractivity contribution < 1.29 is 5.11 Å². The van der Waals surface area contributed by atoms with E-state index in [0.717, 1.165) is 17.8 Å². The van der Waals surface area contributed by atoms with E-state index in [0.29, 0.717) is 16.7 Å². The van der Waals surface area contributed by atoms with Gasteiger partial charge in [-0.15, -0.1) is 0 Å². The Labute approximate surface area is 98.9 Å². The summed E-state index contributed by atoms with van der Waals surface area (Å²) in [5.41, 5.74) is 2.22. The first-order valence-corrected chi connectivity index (χ1v) is 6.75. The zero-order chi connectivity index (χ0) is 11.7. The minimum atomic E-state index is 0.280. The van der Waals surface area contributed by atoms with Crippen LogP contribution in [0, 0.1) is 34.5 Å². The fourth-order valence-corrected chi connectivity index (χ4v) is 5.51. The van der Waals surface area contributed by atoms with Gasteiger partial charge in [0.15, 0.2) is 0 Å². The highest BCUT2D eigenvalue weighted by molar-refractivity contribution is 5.35. The Kier molecular flexibility index (Phi) is 1.98. The molecule has 0 heterocycles. The van der Waals surface area contributed by atoms with Crippen LogP contribution in [0.4, 0.5) is 0 Å². The highest BCUT2D eigenvalue weighted by Gasteiger charge is 2.67. The number of aliphatic hydroxyl groups is 1. The van der Waals surface area contributed by atoms with Gasteiger partial charge >= 0.3 is 0 Å². The molecule has 1 nitrogen and oxygen atoms in total. The smallest absolute Gasteiger partial charge is 0.0645 e. The third-order valence-corrected chi connectivity index (χ3v) is 6.45. The number of aliphatic hydroxyl groups excluding tert-OH is 1. The van der Waals surface area contributed by atoms with Gasteiger partial charge in [0, 0.05) is 0 Å². The molecule has 0 aromatic carbocycles. The molecule has 3 rings (SSSR count). The van der Waals surface area contributed by atoms with Gasteiger partial charge < -0.3 is 5.11 Å². The van der Waals surface area contributed by atoms with Gasteiger partial charge in [0.05, 0.1) is 6.61 Å². The Morgan fingerprint density at radius 3 is 2.62 bits per heavy atom. The Bertz CT molecular complexity index is 354. The van der Waals surface area contributed by atoms with Gasteiger partial charge in [-0.3, -0.25) is 0 Å². The summed E-state index contributed by atoms with van der Waals surface area (Å²) < 4.78 is 0. The number of fused-ring (bicyclic) bond motifs is 3. The van der Waals surface area contributed by atoms with E-state index in [2.05, 4.69) is 33.8 Å². The second-order valence-corrected chi connectivity index (χ2v) is 7.12. The van der Waals surface area contributed by atoms with E-state index in [1.807, 2.05) is 0 Å². The molecule has 3 aliphatic rings. The van der Waals surface area contributed by atoms with Crippen molar-refractivity contribution in [1.82, 2.24) is 0 Å². The van der Waals surface area contributed by atoms with E-state index in [9.17, 15) is 5.11 Å². The highest BCUT2D eigenvalue weighted by Crippen LogP contribution is 2.73. The summed E-state index contributed by atoms with van der Waals surface area (Å²) in [5.74, 6) is 3.11. The lowest BCUT2D eigenvalue weighted by Crippen LogP contribution is -2.37. The van der Waals surface area contributed by atoms with Crippen LogP contribution in [0.2, 0.25) is 0 Å². The van der Waals surface area contributed by atoms with E-state index < -0.39 is 0 Å². The third-order valence-electron chi connectivity index (χ3n) is 6.45. The molecule has 16 heavy (non-hydrogen) atoms. The van der Waals surface area contributed by atoms with Crippen molar-refractivity contribution in [3.8, 4) is 0 Å². The van der Waals surface area contributed by atoms with Crippen LogP contribution >= 0.6 is 0 Å². The summed E-state index contributed by atoms with van der Waals surface area (Å²) in [5, 5.41) is 9.41. The van der Waals surface area contributed by atoms with Gasteiger partial charge in [-0.2, -0.15) is 0 Å². The zero-order valence-corrected chi connectivity index (χ0v) is 11.0. The molecule has 90 valence electrons. The Balaban J connectivity index is 2.06. The van der Waals surface area contributed by atoms with Crippen molar-refractivity contribution in [3.05, 3.63) is 11.6 Å². The average Bonchev–Trinajstić information content (AvgIpc) is 2.48. The topological polar surface area (TPSA) is 20.2 Å². The first-order valence-electron chi connectivity index (χ1n) is 6.75. The zero-order valence-electron chi connectivity index (χ0n) is 11.0. The Hall–Kier alpha value is -0.300. The molecule has 0 aromatic rings. The standard InChI is InChI=1S/C15H24O/c1-9-5-6-12-14(2,3)13-10(8-16)7-11(13)15(9,12)4/h7,9,11-13,16H,5-6,8H2,1-4H3/t9-,11+,12+,13?,15+/m1/s1. The van der Waals surface area contributed by atoms with Crippen LogP contribution in [-0.2, 0) is 0 Å². The summed E-state index contributed by atoms with van der Waals surface area (Å²) in [7, 11) is 0. The van der Waals surface area contributed by atoms with Crippen LogP contribution in [0.5, 0.6) is 0 Å². The molecular weight excluding hydrogens is 196 g/mol. The molecule has 0 aliphatic heterocycles. The molecule has 5 atom stereocenters. The van der Waals surface area contributed by atoms with E-state index in [-0.39, 0.29) is 6.61 Å².